The number of hydrogen-bond donors (Lipinski definition) is 1. The predicted octanol–water partition coefficient (Wildman–Crippen LogP) is 2.64. The highest BCUT2D eigenvalue weighted by Gasteiger charge is 2.10. The van der Waals surface area contributed by atoms with Crippen molar-refractivity contribution in [3.63, 3.8) is 0 Å². The zero-order valence-electron chi connectivity index (χ0n) is 11.9. The van der Waals surface area contributed by atoms with Crippen LogP contribution in [0, 0.1) is 13.8 Å². The van der Waals surface area contributed by atoms with E-state index in [2.05, 4.69) is 16.4 Å². The van der Waals surface area contributed by atoms with E-state index in [1.54, 1.807) is 31.6 Å². The maximum Gasteiger partial charge on any atom is 0.251 e. The lowest BCUT2D eigenvalue weighted by atomic mass is 10.1. The van der Waals surface area contributed by atoms with Crippen LogP contribution in [0.1, 0.15) is 27.0 Å². The van der Waals surface area contributed by atoms with Gasteiger partial charge in [-0.3, -0.25) is 9.78 Å². The van der Waals surface area contributed by atoms with E-state index >= 15 is 0 Å². The molecule has 1 aromatic carbocycles. The van der Waals surface area contributed by atoms with Gasteiger partial charge in [0, 0.05) is 30.1 Å². The number of rotatable bonds is 4. The summed E-state index contributed by atoms with van der Waals surface area (Å²) in [5, 5.41) is 2.90. The average Bonchev–Trinajstić information content (AvgIpc) is 2.45. The van der Waals surface area contributed by atoms with Gasteiger partial charge in [-0.05, 0) is 31.5 Å². The highest BCUT2D eigenvalue weighted by Crippen LogP contribution is 2.24. The van der Waals surface area contributed by atoms with Gasteiger partial charge in [-0.15, -0.1) is 0 Å². The Morgan fingerprint density at radius 3 is 2.60 bits per heavy atom. The van der Waals surface area contributed by atoms with Crippen LogP contribution in [-0.2, 0) is 6.54 Å². The van der Waals surface area contributed by atoms with Crippen LogP contribution >= 0.6 is 0 Å². The van der Waals surface area contributed by atoms with Crippen LogP contribution < -0.4 is 10.1 Å². The molecule has 0 saturated carbocycles. The Balaban J connectivity index is 2.13. The molecule has 0 bridgehead atoms. The van der Waals surface area contributed by atoms with Gasteiger partial charge in [0.15, 0.2) is 0 Å². The predicted molar refractivity (Wildman–Crippen MR) is 77.9 cm³/mol. The second-order valence-electron chi connectivity index (χ2n) is 4.69. The lowest BCUT2D eigenvalue weighted by molar-refractivity contribution is 0.0950. The van der Waals surface area contributed by atoms with E-state index in [0.29, 0.717) is 12.1 Å². The first-order chi connectivity index (χ1) is 9.61. The van der Waals surface area contributed by atoms with Crippen molar-refractivity contribution in [1.82, 2.24) is 10.3 Å². The highest BCUT2D eigenvalue weighted by atomic mass is 16.5. The Kier molecular flexibility index (Phi) is 4.35. The molecule has 4 heteroatoms. The molecule has 0 saturated heterocycles. The van der Waals surface area contributed by atoms with Crippen molar-refractivity contribution in [3.05, 3.63) is 58.9 Å². The number of pyridine rings is 1. The number of nitrogens with one attached hydrogen (secondary N) is 1. The molecule has 0 aliphatic rings. The molecule has 1 N–H and O–H groups in total. The van der Waals surface area contributed by atoms with Crippen molar-refractivity contribution in [2.75, 3.05) is 7.11 Å². The largest absolute Gasteiger partial charge is 0.496 e. The quantitative estimate of drug-likeness (QED) is 0.929. The van der Waals surface area contributed by atoms with E-state index in [1.807, 2.05) is 19.9 Å². The second kappa shape index (κ2) is 6.19. The number of aryl methyl sites for hydroxylation is 2. The first-order valence-electron chi connectivity index (χ1n) is 6.44. The molecule has 0 fully saturated rings. The first kappa shape index (κ1) is 14.1. The number of hydrogen-bond acceptors (Lipinski definition) is 3. The van der Waals surface area contributed by atoms with Crippen molar-refractivity contribution in [2.45, 2.75) is 20.4 Å². The lowest BCUT2D eigenvalue weighted by Gasteiger charge is -2.13. The SMILES string of the molecule is COc1c(C)cc(C)cc1CNC(=O)c1ccncc1. The molecule has 0 unspecified atom stereocenters. The van der Waals surface area contributed by atoms with E-state index in [9.17, 15) is 4.79 Å². The fourth-order valence-electron chi connectivity index (χ4n) is 2.25. The third-order valence-electron chi connectivity index (χ3n) is 3.08. The summed E-state index contributed by atoms with van der Waals surface area (Å²) in [6.45, 7) is 4.47. The van der Waals surface area contributed by atoms with Gasteiger partial charge >= 0.3 is 0 Å². The van der Waals surface area contributed by atoms with E-state index in [1.165, 1.54) is 0 Å². The standard InChI is InChI=1S/C16H18N2O2/c1-11-8-12(2)15(20-3)14(9-11)10-18-16(19)13-4-6-17-7-5-13/h4-9H,10H2,1-3H3,(H,18,19). The number of carbonyl (C=O) groups excluding carboxylic acids is 1. The minimum atomic E-state index is -0.117. The average molecular weight is 270 g/mol. The maximum absolute atomic E-state index is 12.0. The van der Waals surface area contributed by atoms with Gasteiger partial charge in [0.25, 0.3) is 5.91 Å². The molecule has 0 spiro atoms. The molecule has 1 aromatic heterocycles. The van der Waals surface area contributed by atoms with Gasteiger partial charge in [0.1, 0.15) is 5.75 Å². The Bertz CT molecular complexity index is 609. The van der Waals surface area contributed by atoms with Crippen LogP contribution in [0.3, 0.4) is 0 Å². The third-order valence-corrected chi connectivity index (χ3v) is 3.08. The number of benzene rings is 1. The Morgan fingerprint density at radius 1 is 1.25 bits per heavy atom. The molecule has 2 rings (SSSR count). The summed E-state index contributed by atoms with van der Waals surface area (Å²) in [5.74, 6) is 0.708. The monoisotopic (exact) mass is 270 g/mol. The van der Waals surface area contributed by atoms with E-state index in [4.69, 9.17) is 4.74 Å². The van der Waals surface area contributed by atoms with Gasteiger partial charge in [-0.2, -0.15) is 0 Å². The molecule has 4 nitrogen and oxygen atoms in total. The fraction of sp³-hybridized carbons (Fsp3) is 0.250. The van der Waals surface area contributed by atoms with Crippen molar-refractivity contribution in [3.8, 4) is 5.75 Å². The van der Waals surface area contributed by atoms with Crippen LogP contribution in [0.5, 0.6) is 5.75 Å². The Labute approximate surface area is 118 Å². The Hall–Kier alpha value is -2.36. The molecule has 1 heterocycles. The van der Waals surface area contributed by atoms with Gasteiger partial charge in [0.05, 0.1) is 7.11 Å². The van der Waals surface area contributed by atoms with Gasteiger partial charge in [-0.25, -0.2) is 0 Å². The summed E-state index contributed by atoms with van der Waals surface area (Å²) in [5.41, 5.74) is 3.80. The summed E-state index contributed by atoms with van der Waals surface area (Å²) >= 11 is 0. The molecular weight excluding hydrogens is 252 g/mol. The molecule has 0 aliphatic heterocycles. The van der Waals surface area contributed by atoms with Crippen molar-refractivity contribution < 1.29 is 9.53 Å². The minimum absolute atomic E-state index is 0.117. The van der Waals surface area contributed by atoms with Crippen LogP contribution in [0.2, 0.25) is 0 Å². The maximum atomic E-state index is 12.0. The summed E-state index contributed by atoms with van der Waals surface area (Å²) in [6, 6.07) is 7.47. The number of nitrogens with zero attached hydrogens (tertiary/aromatic N) is 1. The van der Waals surface area contributed by atoms with Crippen LogP contribution in [0.25, 0.3) is 0 Å². The lowest BCUT2D eigenvalue weighted by Crippen LogP contribution is -2.23. The van der Waals surface area contributed by atoms with Crippen molar-refractivity contribution in [1.29, 1.82) is 0 Å². The fourth-order valence-corrected chi connectivity index (χ4v) is 2.25. The van der Waals surface area contributed by atoms with E-state index < -0.39 is 0 Å². The molecular formula is C16H18N2O2. The van der Waals surface area contributed by atoms with Gasteiger partial charge in [-0.1, -0.05) is 17.7 Å². The zero-order valence-corrected chi connectivity index (χ0v) is 11.9. The molecule has 0 atom stereocenters. The highest BCUT2D eigenvalue weighted by molar-refractivity contribution is 5.93. The van der Waals surface area contributed by atoms with Crippen LogP contribution in [0.4, 0.5) is 0 Å². The number of ether oxygens (including phenoxy) is 1. The molecule has 1 amide bonds. The van der Waals surface area contributed by atoms with Crippen molar-refractivity contribution >= 4 is 5.91 Å². The summed E-state index contributed by atoms with van der Waals surface area (Å²) in [7, 11) is 1.64. The van der Waals surface area contributed by atoms with Gasteiger partial charge in [0.2, 0.25) is 0 Å². The van der Waals surface area contributed by atoms with Gasteiger partial charge < -0.3 is 10.1 Å². The second-order valence-corrected chi connectivity index (χ2v) is 4.69. The number of carbonyl (C=O) groups is 1. The molecule has 0 aliphatic carbocycles. The summed E-state index contributed by atoms with van der Waals surface area (Å²) in [6.07, 6.45) is 3.21. The van der Waals surface area contributed by atoms with E-state index in [-0.39, 0.29) is 5.91 Å². The van der Waals surface area contributed by atoms with Crippen molar-refractivity contribution in [2.24, 2.45) is 0 Å². The number of methoxy groups -OCH3 is 1. The molecule has 2 aromatic rings. The summed E-state index contributed by atoms with van der Waals surface area (Å²) < 4.78 is 5.41. The molecule has 20 heavy (non-hydrogen) atoms. The normalized spacial score (nSPS) is 10.2. The minimum Gasteiger partial charge on any atom is -0.496 e. The summed E-state index contributed by atoms with van der Waals surface area (Å²) in [4.78, 5) is 15.9. The number of amides is 1. The molecule has 0 radical (unpaired) electrons. The number of aromatic nitrogens is 1. The van der Waals surface area contributed by atoms with Crippen LogP contribution in [-0.4, -0.2) is 18.0 Å². The molecule has 104 valence electrons. The first-order valence-corrected chi connectivity index (χ1v) is 6.44. The zero-order chi connectivity index (χ0) is 14.5. The Morgan fingerprint density at radius 2 is 1.95 bits per heavy atom. The smallest absolute Gasteiger partial charge is 0.251 e. The van der Waals surface area contributed by atoms with E-state index in [0.717, 1.165) is 22.4 Å². The van der Waals surface area contributed by atoms with Crippen LogP contribution in [0.15, 0.2) is 36.7 Å². The third kappa shape index (κ3) is 3.15. The topological polar surface area (TPSA) is 51.2 Å².